The Kier molecular flexibility index (Phi) is 9.87. The zero-order valence-corrected chi connectivity index (χ0v) is 19.7. The summed E-state index contributed by atoms with van der Waals surface area (Å²) in [5.74, 6) is -0.350. The lowest BCUT2D eigenvalue weighted by Crippen LogP contribution is -2.48. The van der Waals surface area contributed by atoms with E-state index in [9.17, 15) is 14.5 Å². The van der Waals surface area contributed by atoms with Crippen LogP contribution in [0.1, 0.15) is 38.0 Å². The van der Waals surface area contributed by atoms with Crippen LogP contribution in [0.25, 0.3) is 0 Å². The summed E-state index contributed by atoms with van der Waals surface area (Å²) in [6, 6.07) is 15.4. The number of benzene rings is 2. The van der Waals surface area contributed by atoms with Gasteiger partial charge in [0.2, 0.25) is 0 Å². The Labute approximate surface area is 189 Å². The van der Waals surface area contributed by atoms with Gasteiger partial charge in [0, 0.05) is 6.42 Å². The predicted molar refractivity (Wildman–Crippen MR) is 119 cm³/mol. The maximum Gasteiger partial charge on any atom is 0.475 e. The minimum Gasteiger partial charge on any atom is -0.497 e. The number of rotatable bonds is 13. The third kappa shape index (κ3) is 6.64. The topological polar surface area (TPSA) is 101 Å². The highest BCUT2D eigenvalue weighted by molar-refractivity contribution is 7.48. The summed E-state index contributed by atoms with van der Waals surface area (Å²) in [6.07, 6.45) is -1.57. The second-order valence-corrected chi connectivity index (χ2v) is 8.47. The van der Waals surface area contributed by atoms with Crippen molar-refractivity contribution in [3.8, 4) is 5.75 Å². The number of ether oxygens (including phenoxy) is 2. The van der Waals surface area contributed by atoms with Crippen molar-refractivity contribution in [2.24, 2.45) is 0 Å². The molecule has 0 amide bonds. The molecule has 2 atom stereocenters. The molecule has 0 aliphatic rings. The Morgan fingerprint density at radius 2 is 1.56 bits per heavy atom. The van der Waals surface area contributed by atoms with E-state index in [1.807, 2.05) is 6.07 Å². The summed E-state index contributed by atoms with van der Waals surface area (Å²) in [5.41, 5.74) is -1.19. The fourth-order valence-corrected chi connectivity index (χ4v) is 4.56. The summed E-state index contributed by atoms with van der Waals surface area (Å²) >= 11 is 0. The van der Waals surface area contributed by atoms with E-state index in [2.05, 4.69) is 0 Å². The van der Waals surface area contributed by atoms with Gasteiger partial charge in [-0.25, -0.2) is 9.36 Å². The van der Waals surface area contributed by atoms with Crippen molar-refractivity contribution < 1.29 is 37.5 Å². The molecule has 32 heavy (non-hydrogen) atoms. The second-order valence-electron chi connectivity index (χ2n) is 6.85. The lowest BCUT2D eigenvalue weighted by atomic mass is 9.85. The molecule has 0 heterocycles. The molecule has 1 N–H and O–H groups in total. The van der Waals surface area contributed by atoms with Crippen LogP contribution in [0.15, 0.2) is 54.6 Å². The average Bonchev–Trinajstić information content (AvgIpc) is 2.79. The molecule has 0 spiro atoms. The molecule has 9 heteroatoms. The van der Waals surface area contributed by atoms with Crippen molar-refractivity contribution in [2.45, 2.75) is 38.9 Å². The van der Waals surface area contributed by atoms with Gasteiger partial charge in [-0.2, -0.15) is 0 Å². The first-order valence-corrected chi connectivity index (χ1v) is 11.9. The number of carbonyl (C=O) groups is 1. The summed E-state index contributed by atoms with van der Waals surface area (Å²) < 4.78 is 40.0. The largest absolute Gasteiger partial charge is 0.497 e. The molecule has 0 bridgehead atoms. The highest BCUT2D eigenvalue weighted by Gasteiger charge is 2.50. The molecule has 0 fully saturated rings. The van der Waals surface area contributed by atoms with Gasteiger partial charge in [-0.3, -0.25) is 13.6 Å². The Balaban J connectivity index is 2.61. The van der Waals surface area contributed by atoms with E-state index in [0.29, 0.717) is 16.9 Å². The van der Waals surface area contributed by atoms with E-state index in [1.54, 1.807) is 69.3 Å². The number of hydrogen-bond acceptors (Lipinski definition) is 8. The number of aliphatic hydroxyl groups is 1. The first kappa shape index (κ1) is 26.0. The van der Waals surface area contributed by atoms with Crippen LogP contribution in [0.4, 0.5) is 0 Å². The zero-order chi connectivity index (χ0) is 23.6. The van der Waals surface area contributed by atoms with Crippen molar-refractivity contribution in [3.05, 3.63) is 65.7 Å². The van der Waals surface area contributed by atoms with Crippen LogP contribution in [0, 0.1) is 0 Å². The van der Waals surface area contributed by atoms with Crippen LogP contribution in [-0.4, -0.2) is 43.6 Å². The smallest absolute Gasteiger partial charge is 0.475 e. The highest BCUT2D eigenvalue weighted by Crippen LogP contribution is 2.55. The molecule has 2 aromatic rings. The molecule has 0 aromatic heterocycles. The summed E-state index contributed by atoms with van der Waals surface area (Å²) in [4.78, 5) is 13.1. The molecular weight excluding hydrogens is 435 g/mol. The molecule has 0 saturated heterocycles. The van der Waals surface area contributed by atoms with Gasteiger partial charge in [0.15, 0.2) is 5.60 Å². The molecule has 176 valence electrons. The summed E-state index contributed by atoms with van der Waals surface area (Å²) in [6.45, 7) is 5.04. The van der Waals surface area contributed by atoms with Crippen LogP contribution in [-0.2, 0) is 34.1 Å². The van der Waals surface area contributed by atoms with Crippen molar-refractivity contribution in [1.29, 1.82) is 0 Å². The monoisotopic (exact) mass is 466 g/mol. The third-order valence-corrected chi connectivity index (χ3v) is 6.22. The van der Waals surface area contributed by atoms with E-state index < -0.39 is 25.5 Å². The van der Waals surface area contributed by atoms with Gasteiger partial charge in [-0.1, -0.05) is 42.5 Å². The van der Waals surface area contributed by atoms with E-state index in [0.717, 1.165) is 0 Å². The average molecular weight is 466 g/mol. The fourth-order valence-electron chi connectivity index (χ4n) is 3.18. The Morgan fingerprint density at radius 1 is 0.969 bits per heavy atom. The van der Waals surface area contributed by atoms with Gasteiger partial charge >= 0.3 is 13.8 Å². The number of hydrogen-bond donors (Lipinski definition) is 1. The van der Waals surface area contributed by atoms with Gasteiger partial charge in [0.05, 0.1) is 26.9 Å². The number of phosphoric acid groups is 1. The van der Waals surface area contributed by atoms with Gasteiger partial charge < -0.3 is 14.6 Å². The fraction of sp³-hybridized carbons (Fsp3) is 0.435. The molecule has 2 aromatic carbocycles. The Morgan fingerprint density at radius 3 is 2.06 bits per heavy atom. The van der Waals surface area contributed by atoms with Crippen LogP contribution < -0.4 is 4.74 Å². The quantitative estimate of drug-likeness (QED) is 0.341. The maximum atomic E-state index is 13.2. The summed E-state index contributed by atoms with van der Waals surface area (Å²) in [5, 5.41) is 11.7. The molecule has 2 rings (SSSR count). The van der Waals surface area contributed by atoms with Crippen molar-refractivity contribution in [2.75, 3.05) is 26.9 Å². The lowest BCUT2D eigenvalue weighted by molar-refractivity contribution is -0.177. The van der Waals surface area contributed by atoms with Gasteiger partial charge in [-0.15, -0.1) is 0 Å². The lowest BCUT2D eigenvalue weighted by Gasteiger charge is -2.35. The predicted octanol–water partition coefficient (Wildman–Crippen LogP) is 4.47. The molecule has 0 aliphatic heterocycles. The minimum absolute atomic E-state index is 0.0415. The Hall–Kier alpha value is -2.22. The molecule has 0 radical (unpaired) electrons. The second kappa shape index (κ2) is 12.1. The first-order valence-electron chi connectivity index (χ1n) is 10.5. The van der Waals surface area contributed by atoms with Gasteiger partial charge in [-0.05, 0) is 44.0 Å². The van der Waals surface area contributed by atoms with E-state index in [4.69, 9.17) is 23.0 Å². The molecule has 0 saturated carbocycles. The number of carbonyl (C=O) groups excluding carboxylic acids is 1. The SMILES string of the molecule is CCOC(=O)[C@](O)(Cc1ccccc1)[C@@H](OP(=O)(OCC)OCC)c1ccc(OC)cc1. The van der Waals surface area contributed by atoms with Crippen LogP contribution in [0.5, 0.6) is 5.75 Å². The van der Waals surface area contributed by atoms with Crippen LogP contribution in [0.2, 0.25) is 0 Å². The van der Waals surface area contributed by atoms with Crippen molar-refractivity contribution in [1.82, 2.24) is 0 Å². The van der Waals surface area contributed by atoms with Crippen LogP contribution >= 0.6 is 7.82 Å². The Bertz CT molecular complexity index is 877. The third-order valence-electron chi connectivity index (χ3n) is 4.61. The van der Waals surface area contributed by atoms with Crippen molar-refractivity contribution in [3.63, 3.8) is 0 Å². The van der Waals surface area contributed by atoms with E-state index in [-0.39, 0.29) is 26.2 Å². The first-order chi connectivity index (χ1) is 15.3. The normalized spacial score (nSPS) is 14.4. The number of phosphoric ester groups is 1. The number of methoxy groups -OCH3 is 1. The summed E-state index contributed by atoms with van der Waals surface area (Å²) in [7, 11) is -2.60. The van der Waals surface area contributed by atoms with Crippen LogP contribution in [0.3, 0.4) is 0 Å². The van der Waals surface area contributed by atoms with Gasteiger partial charge in [0.25, 0.3) is 0 Å². The molecular formula is C23H31O8P. The van der Waals surface area contributed by atoms with E-state index >= 15 is 0 Å². The minimum atomic E-state index is -4.12. The zero-order valence-electron chi connectivity index (χ0n) is 18.9. The standard InChI is InChI=1S/C23H31O8P/c1-5-28-22(24)23(25,17-18-11-9-8-10-12-18)21(19-13-15-20(27-4)16-14-19)31-32(26,29-6-2)30-7-3/h8-16,21,25H,5-7,17H2,1-4H3/t21-,23-/m0/s1. The van der Waals surface area contributed by atoms with Crippen molar-refractivity contribution >= 4 is 13.8 Å². The van der Waals surface area contributed by atoms with Gasteiger partial charge in [0.1, 0.15) is 11.9 Å². The molecule has 0 aliphatic carbocycles. The number of esters is 1. The van der Waals surface area contributed by atoms with E-state index in [1.165, 1.54) is 7.11 Å². The highest BCUT2D eigenvalue weighted by atomic mass is 31.2. The maximum absolute atomic E-state index is 13.2. The molecule has 0 unspecified atom stereocenters. The molecule has 8 nitrogen and oxygen atoms in total.